The number of ether oxygens (including phenoxy) is 1. The quantitative estimate of drug-likeness (QED) is 0.344. The van der Waals surface area contributed by atoms with Crippen LogP contribution in [0.1, 0.15) is 48.1 Å². The Labute approximate surface area is 222 Å². The van der Waals surface area contributed by atoms with Crippen molar-refractivity contribution in [1.82, 2.24) is 5.32 Å². The first kappa shape index (κ1) is 25.9. The molecule has 0 bridgehead atoms. The van der Waals surface area contributed by atoms with E-state index >= 15 is 0 Å². The van der Waals surface area contributed by atoms with E-state index < -0.39 is 17.5 Å². The number of alkyl halides is 3. The minimum Gasteiger partial charge on any atom is -0.405 e. The van der Waals surface area contributed by atoms with Crippen LogP contribution in [0, 0.1) is 6.92 Å². The highest BCUT2D eigenvalue weighted by atomic mass is 32.2. The van der Waals surface area contributed by atoms with E-state index in [1.165, 1.54) is 18.2 Å². The summed E-state index contributed by atoms with van der Waals surface area (Å²) in [5, 5.41) is 1.69. The molecule has 194 valence electrons. The van der Waals surface area contributed by atoms with Crippen LogP contribution in [0.15, 0.2) is 71.6 Å². The average Bonchev–Trinajstić information content (AvgIpc) is 3.16. The number of amides is 2. The SMILES string of the molecule is Cc1cc2c(cc1-c1cc(C=C3SC(=O)NC3=O)ccc1OC(F)(F)F)C(c1ccccc1)=CCC2(C)C. The van der Waals surface area contributed by atoms with Crippen LogP contribution in [0.3, 0.4) is 0 Å². The molecule has 2 aliphatic rings. The fourth-order valence-electron chi connectivity index (χ4n) is 4.88. The number of fused-ring (bicyclic) bond motifs is 1. The van der Waals surface area contributed by atoms with E-state index in [0.717, 1.165) is 46.0 Å². The van der Waals surface area contributed by atoms with Gasteiger partial charge in [-0.2, -0.15) is 0 Å². The first-order valence-corrected chi connectivity index (χ1v) is 12.8. The summed E-state index contributed by atoms with van der Waals surface area (Å²) in [5.74, 6) is -0.885. The van der Waals surface area contributed by atoms with Gasteiger partial charge in [0.1, 0.15) is 5.75 Å². The molecule has 0 spiro atoms. The van der Waals surface area contributed by atoms with Gasteiger partial charge < -0.3 is 4.74 Å². The number of imide groups is 1. The fourth-order valence-corrected chi connectivity index (χ4v) is 5.57. The Bertz CT molecular complexity index is 1520. The number of hydrogen-bond acceptors (Lipinski definition) is 4. The van der Waals surface area contributed by atoms with Gasteiger partial charge in [0.25, 0.3) is 11.1 Å². The third-order valence-electron chi connectivity index (χ3n) is 6.74. The van der Waals surface area contributed by atoms with E-state index in [0.29, 0.717) is 11.1 Å². The van der Waals surface area contributed by atoms with Crippen LogP contribution >= 0.6 is 11.8 Å². The van der Waals surface area contributed by atoms with E-state index in [2.05, 4.69) is 30.0 Å². The zero-order valence-electron chi connectivity index (χ0n) is 20.9. The van der Waals surface area contributed by atoms with Crippen LogP contribution in [-0.4, -0.2) is 17.5 Å². The standard InChI is InChI=1S/C30H24F3NO3S/c1-17-13-24-22(20(11-12-29(24,2)3)19-7-5-4-6-8-19)16-21(17)23-14-18(9-10-25(23)37-30(31,32)33)15-26-27(35)34-28(36)38-26/h4-11,13-16H,12H2,1-3H3,(H,34,35,36). The first-order chi connectivity index (χ1) is 17.9. The van der Waals surface area contributed by atoms with Gasteiger partial charge in [0.15, 0.2) is 0 Å². The maximum Gasteiger partial charge on any atom is 0.573 e. The lowest BCUT2D eigenvalue weighted by Gasteiger charge is -2.33. The minimum atomic E-state index is -4.89. The summed E-state index contributed by atoms with van der Waals surface area (Å²) in [6.45, 7) is 6.17. The molecule has 0 atom stereocenters. The molecular formula is C30H24F3NO3S. The molecule has 38 heavy (non-hydrogen) atoms. The number of benzene rings is 3. The third-order valence-corrected chi connectivity index (χ3v) is 7.56. The van der Waals surface area contributed by atoms with Gasteiger partial charge in [-0.1, -0.05) is 62.4 Å². The lowest BCUT2D eigenvalue weighted by atomic mass is 9.71. The van der Waals surface area contributed by atoms with Crippen molar-refractivity contribution in [3.05, 3.63) is 99.5 Å². The molecule has 0 aromatic heterocycles. The van der Waals surface area contributed by atoms with Crippen molar-refractivity contribution < 1.29 is 27.5 Å². The Morgan fingerprint density at radius 1 is 0.974 bits per heavy atom. The summed E-state index contributed by atoms with van der Waals surface area (Å²) >= 11 is 0.747. The molecular weight excluding hydrogens is 511 g/mol. The summed E-state index contributed by atoms with van der Waals surface area (Å²) < 4.78 is 44.6. The molecule has 5 rings (SSSR count). The number of aryl methyl sites for hydroxylation is 1. The second-order valence-electron chi connectivity index (χ2n) is 9.94. The number of halogens is 3. The molecule has 4 nitrogen and oxygen atoms in total. The Hall–Kier alpha value is -3.78. The number of thioether (sulfide) groups is 1. The normalized spacial score (nSPS) is 17.7. The van der Waals surface area contributed by atoms with Crippen molar-refractivity contribution in [3.63, 3.8) is 0 Å². The molecule has 8 heteroatoms. The smallest absolute Gasteiger partial charge is 0.405 e. The number of allylic oxidation sites excluding steroid dienone is 1. The van der Waals surface area contributed by atoms with Gasteiger partial charge in [-0.3, -0.25) is 14.9 Å². The highest BCUT2D eigenvalue weighted by molar-refractivity contribution is 8.18. The molecule has 1 fully saturated rings. The van der Waals surface area contributed by atoms with Crippen molar-refractivity contribution >= 4 is 34.6 Å². The number of carbonyl (C=O) groups excluding carboxylic acids is 2. The lowest BCUT2D eigenvalue weighted by molar-refractivity contribution is -0.274. The molecule has 1 N–H and O–H groups in total. The zero-order valence-corrected chi connectivity index (χ0v) is 21.7. The molecule has 0 saturated carbocycles. The molecule has 1 heterocycles. The van der Waals surface area contributed by atoms with E-state index in [9.17, 15) is 22.8 Å². The highest BCUT2D eigenvalue weighted by Crippen LogP contribution is 2.46. The maximum atomic E-state index is 13.4. The Kier molecular flexibility index (Phi) is 6.47. The second-order valence-corrected chi connectivity index (χ2v) is 11.0. The van der Waals surface area contributed by atoms with Crippen molar-refractivity contribution in [2.24, 2.45) is 0 Å². The predicted octanol–water partition coefficient (Wildman–Crippen LogP) is 8.00. The summed E-state index contributed by atoms with van der Waals surface area (Å²) in [4.78, 5) is 23.8. The van der Waals surface area contributed by atoms with Gasteiger partial charge in [-0.15, -0.1) is 13.2 Å². The van der Waals surface area contributed by atoms with Gasteiger partial charge >= 0.3 is 6.36 Å². The van der Waals surface area contributed by atoms with Gasteiger partial charge in [0.05, 0.1) is 4.91 Å². The van der Waals surface area contributed by atoms with Gasteiger partial charge in [-0.05, 0) is 93.8 Å². The molecule has 1 aliphatic heterocycles. The van der Waals surface area contributed by atoms with Crippen LogP contribution in [0.5, 0.6) is 5.75 Å². The number of nitrogens with one attached hydrogen (secondary N) is 1. The van der Waals surface area contributed by atoms with Crippen LogP contribution in [0.2, 0.25) is 0 Å². The van der Waals surface area contributed by atoms with E-state index in [1.54, 1.807) is 6.07 Å². The molecule has 3 aromatic rings. The minimum absolute atomic E-state index is 0.159. The monoisotopic (exact) mass is 535 g/mol. The first-order valence-electron chi connectivity index (χ1n) is 12.0. The maximum absolute atomic E-state index is 13.4. The molecule has 2 amide bonds. The lowest BCUT2D eigenvalue weighted by Crippen LogP contribution is -2.22. The third kappa shape index (κ3) is 5.13. The van der Waals surface area contributed by atoms with Crippen molar-refractivity contribution in [2.75, 3.05) is 0 Å². The number of carbonyl (C=O) groups is 2. The summed E-state index contributed by atoms with van der Waals surface area (Å²) in [6.07, 6.45) is -0.399. The van der Waals surface area contributed by atoms with Crippen molar-refractivity contribution in [1.29, 1.82) is 0 Å². The van der Waals surface area contributed by atoms with Crippen molar-refractivity contribution in [3.8, 4) is 16.9 Å². The summed E-state index contributed by atoms with van der Waals surface area (Å²) in [7, 11) is 0. The molecule has 3 aromatic carbocycles. The Balaban J connectivity index is 1.70. The van der Waals surface area contributed by atoms with Crippen LogP contribution in [0.25, 0.3) is 22.8 Å². The fraction of sp³-hybridized carbons (Fsp3) is 0.200. The van der Waals surface area contributed by atoms with Crippen LogP contribution in [0.4, 0.5) is 18.0 Å². The Morgan fingerprint density at radius 2 is 1.71 bits per heavy atom. The van der Waals surface area contributed by atoms with Gasteiger partial charge in [0, 0.05) is 5.56 Å². The highest BCUT2D eigenvalue weighted by Gasteiger charge is 2.34. The van der Waals surface area contributed by atoms with Crippen molar-refractivity contribution in [2.45, 2.75) is 39.0 Å². The molecule has 1 saturated heterocycles. The number of rotatable bonds is 4. The second kappa shape index (κ2) is 9.51. The molecule has 1 aliphatic carbocycles. The predicted molar refractivity (Wildman–Crippen MR) is 144 cm³/mol. The van der Waals surface area contributed by atoms with Gasteiger partial charge in [0.2, 0.25) is 0 Å². The number of hydrogen-bond donors (Lipinski definition) is 1. The van der Waals surface area contributed by atoms with Crippen LogP contribution < -0.4 is 10.1 Å². The summed E-state index contributed by atoms with van der Waals surface area (Å²) in [5.41, 5.74) is 6.05. The summed E-state index contributed by atoms with van der Waals surface area (Å²) in [6, 6.07) is 18.1. The van der Waals surface area contributed by atoms with Crippen LogP contribution in [-0.2, 0) is 10.2 Å². The Morgan fingerprint density at radius 3 is 2.37 bits per heavy atom. The average molecular weight is 536 g/mol. The van der Waals surface area contributed by atoms with E-state index in [-0.39, 0.29) is 21.6 Å². The zero-order chi connectivity index (χ0) is 27.2. The van der Waals surface area contributed by atoms with E-state index in [1.807, 2.05) is 49.4 Å². The topological polar surface area (TPSA) is 55.4 Å². The largest absolute Gasteiger partial charge is 0.573 e. The van der Waals surface area contributed by atoms with E-state index in [4.69, 9.17) is 0 Å². The van der Waals surface area contributed by atoms with Gasteiger partial charge in [-0.25, -0.2) is 0 Å². The molecule has 0 unspecified atom stereocenters. The molecule has 0 radical (unpaired) electrons.